The maximum Gasteiger partial charge on any atom is 0.296 e. The number of amides is 1. The molecule has 0 fully saturated rings. The molecule has 4 rings (SSSR count). The van der Waals surface area contributed by atoms with Crippen molar-refractivity contribution in [3.8, 4) is 5.75 Å². The zero-order chi connectivity index (χ0) is 20.9. The van der Waals surface area contributed by atoms with Gasteiger partial charge in [0.15, 0.2) is 5.69 Å². The summed E-state index contributed by atoms with van der Waals surface area (Å²) in [5, 5.41) is 14.7. The first-order valence-electron chi connectivity index (χ1n) is 9.29. The van der Waals surface area contributed by atoms with Crippen LogP contribution in [-0.2, 0) is 16.9 Å². The molecular weight excluding hydrogens is 378 g/mol. The molecule has 1 unspecified atom stereocenters. The molecular formula is C18H23N7O4. The third-order valence-electron chi connectivity index (χ3n) is 4.96. The number of rotatable bonds is 3. The molecule has 11 nitrogen and oxygen atoms in total. The highest BCUT2D eigenvalue weighted by atomic mass is 16.5. The van der Waals surface area contributed by atoms with Gasteiger partial charge in [-0.2, -0.15) is 0 Å². The Hall–Kier alpha value is -3.21. The van der Waals surface area contributed by atoms with Crippen LogP contribution in [0.2, 0.25) is 0 Å². The highest BCUT2D eigenvalue weighted by Crippen LogP contribution is 2.27. The summed E-state index contributed by atoms with van der Waals surface area (Å²) in [6.07, 6.45) is 1.51. The van der Waals surface area contributed by atoms with Gasteiger partial charge in [-0.3, -0.25) is 19.6 Å². The monoisotopic (exact) mass is 401 g/mol. The fraction of sp³-hybridized carbons (Fsp3) is 0.500. The number of hydrazine groups is 1. The smallest absolute Gasteiger partial charge is 0.296 e. The Balaban J connectivity index is 1.53. The Morgan fingerprint density at radius 1 is 1.41 bits per heavy atom. The second kappa shape index (κ2) is 6.69. The molecule has 0 radical (unpaired) electrons. The molecule has 3 aliphatic heterocycles. The molecule has 0 spiro atoms. The van der Waals surface area contributed by atoms with Gasteiger partial charge in [0.1, 0.15) is 17.3 Å². The van der Waals surface area contributed by atoms with Gasteiger partial charge in [-0.1, -0.05) is 0 Å². The van der Waals surface area contributed by atoms with Gasteiger partial charge in [-0.05, 0) is 33.8 Å². The van der Waals surface area contributed by atoms with Crippen LogP contribution in [-0.4, -0.2) is 56.6 Å². The molecule has 3 aliphatic rings. The van der Waals surface area contributed by atoms with Crippen LogP contribution < -0.4 is 16.3 Å². The highest BCUT2D eigenvalue weighted by molar-refractivity contribution is 5.98. The van der Waals surface area contributed by atoms with E-state index in [1.54, 1.807) is 18.9 Å². The SMILES string of the molecule is CC1=CC(C)=NC2N=C(CNC(=O)c3nc4n(c(=O)c3O)CCOC4(C)C)NN12. The van der Waals surface area contributed by atoms with Crippen LogP contribution in [0.15, 0.2) is 26.6 Å². The van der Waals surface area contributed by atoms with Crippen molar-refractivity contribution in [2.45, 2.75) is 46.1 Å². The van der Waals surface area contributed by atoms with Crippen molar-refractivity contribution in [1.29, 1.82) is 0 Å². The number of hydrogen-bond donors (Lipinski definition) is 3. The predicted octanol–water partition coefficient (Wildman–Crippen LogP) is -0.175. The standard InChI is InChI=1S/C18H23N7O4/c1-9-7-10(2)25-17(20-9)21-11(23-25)8-19-14(27)12-13(26)15(28)24-5-6-29-18(3,4)16(24)22-12/h7,17,26H,5-6,8H2,1-4H3,(H,19,27)(H,21,23). The first kappa shape index (κ1) is 19.1. The molecule has 154 valence electrons. The number of carbonyl (C=O) groups excluding carboxylic acids is 1. The number of ether oxygens (including phenoxy) is 1. The first-order chi connectivity index (χ1) is 13.7. The number of carbonyl (C=O) groups is 1. The van der Waals surface area contributed by atoms with Gasteiger partial charge in [-0.15, -0.1) is 0 Å². The molecule has 4 heterocycles. The van der Waals surface area contributed by atoms with Crippen molar-refractivity contribution >= 4 is 17.5 Å². The summed E-state index contributed by atoms with van der Waals surface area (Å²) < 4.78 is 6.99. The maximum absolute atomic E-state index is 12.6. The molecule has 3 N–H and O–H groups in total. The number of aromatic nitrogens is 2. The van der Waals surface area contributed by atoms with Crippen molar-refractivity contribution in [2.75, 3.05) is 13.2 Å². The van der Waals surface area contributed by atoms with E-state index in [2.05, 4.69) is 25.7 Å². The number of amidine groups is 1. The van der Waals surface area contributed by atoms with E-state index in [1.807, 2.05) is 19.9 Å². The van der Waals surface area contributed by atoms with E-state index in [9.17, 15) is 14.7 Å². The van der Waals surface area contributed by atoms with Crippen LogP contribution in [0.5, 0.6) is 5.75 Å². The second-order valence-corrected chi connectivity index (χ2v) is 7.59. The van der Waals surface area contributed by atoms with Crippen molar-refractivity contribution in [3.63, 3.8) is 0 Å². The summed E-state index contributed by atoms with van der Waals surface area (Å²) >= 11 is 0. The third-order valence-corrected chi connectivity index (χ3v) is 4.96. The minimum Gasteiger partial charge on any atom is -0.501 e. The third kappa shape index (κ3) is 3.27. The van der Waals surface area contributed by atoms with E-state index in [0.29, 0.717) is 18.3 Å². The van der Waals surface area contributed by atoms with Gasteiger partial charge < -0.3 is 15.2 Å². The lowest BCUT2D eigenvalue weighted by atomic mass is 10.1. The van der Waals surface area contributed by atoms with Crippen molar-refractivity contribution < 1.29 is 14.6 Å². The number of hydrogen-bond acceptors (Lipinski definition) is 9. The van der Waals surface area contributed by atoms with Crippen LogP contribution in [0.25, 0.3) is 0 Å². The van der Waals surface area contributed by atoms with E-state index in [-0.39, 0.29) is 18.8 Å². The van der Waals surface area contributed by atoms with Gasteiger partial charge in [0.05, 0.1) is 19.7 Å². The van der Waals surface area contributed by atoms with Gasteiger partial charge in [0, 0.05) is 11.4 Å². The highest BCUT2D eigenvalue weighted by Gasteiger charge is 2.34. The zero-order valence-electron chi connectivity index (χ0n) is 16.7. The minimum atomic E-state index is -0.847. The van der Waals surface area contributed by atoms with Crippen molar-refractivity contribution in [3.05, 3.63) is 33.6 Å². The van der Waals surface area contributed by atoms with Gasteiger partial charge in [-0.25, -0.2) is 20.0 Å². The first-order valence-corrected chi connectivity index (χ1v) is 9.29. The Morgan fingerprint density at radius 3 is 2.93 bits per heavy atom. The van der Waals surface area contributed by atoms with Crippen LogP contribution in [0, 0.1) is 0 Å². The lowest BCUT2D eigenvalue weighted by Crippen LogP contribution is -2.45. The zero-order valence-corrected chi connectivity index (χ0v) is 16.7. The fourth-order valence-electron chi connectivity index (χ4n) is 3.53. The molecule has 1 aromatic heterocycles. The van der Waals surface area contributed by atoms with E-state index in [0.717, 1.165) is 11.4 Å². The maximum atomic E-state index is 12.6. The summed E-state index contributed by atoms with van der Waals surface area (Å²) in [7, 11) is 0. The second-order valence-electron chi connectivity index (χ2n) is 7.59. The molecule has 0 aliphatic carbocycles. The normalized spacial score (nSPS) is 22.0. The number of nitrogens with one attached hydrogen (secondary N) is 2. The Bertz CT molecular complexity index is 1040. The average Bonchev–Trinajstić information content (AvgIpc) is 3.06. The topological polar surface area (TPSA) is 133 Å². The quantitative estimate of drug-likeness (QED) is 0.640. The van der Waals surface area contributed by atoms with Crippen LogP contribution in [0.4, 0.5) is 0 Å². The Kier molecular flexibility index (Phi) is 4.41. The number of allylic oxidation sites excluding steroid dienone is 2. The van der Waals surface area contributed by atoms with Gasteiger partial charge >= 0.3 is 0 Å². The molecule has 1 amide bonds. The van der Waals surface area contributed by atoms with E-state index in [4.69, 9.17) is 4.74 Å². The molecule has 0 aromatic carbocycles. The van der Waals surface area contributed by atoms with Crippen molar-refractivity contribution in [1.82, 2.24) is 25.3 Å². The van der Waals surface area contributed by atoms with Crippen LogP contribution >= 0.6 is 0 Å². The fourth-order valence-corrected chi connectivity index (χ4v) is 3.53. The number of aromatic hydroxyl groups is 1. The summed E-state index contributed by atoms with van der Waals surface area (Å²) in [5.41, 5.74) is 3.07. The Morgan fingerprint density at radius 2 is 2.17 bits per heavy atom. The summed E-state index contributed by atoms with van der Waals surface area (Å²) in [6.45, 7) is 8.00. The molecule has 29 heavy (non-hydrogen) atoms. The van der Waals surface area contributed by atoms with Crippen LogP contribution in [0.3, 0.4) is 0 Å². The minimum absolute atomic E-state index is 0.0626. The van der Waals surface area contributed by atoms with Gasteiger partial charge in [0.25, 0.3) is 11.5 Å². The number of aliphatic imine (C=N–C) groups is 2. The molecule has 0 bridgehead atoms. The molecule has 1 aromatic rings. The van der Waals surface area contributed by atoms with E-state index >= 15 is 0 Å². The molecule has 0 saturated carbocycles. The Labute approximate surface area is 166 Å². The molecule has 11 heteroatoms. The largest absolute Gasteiger partial charge is 0.501 e. The molecule has 1 atom stereocenters. The lowest BCUT2D eigenvalue weighted by molar-refractivity contribution is -0.0566. The van der Waals surface area contributed by atoms with Gasteiger partial charge in [0.2, 0.25) is 12.0 Å². The molecule has 0 saturated heterocycles. The lowest BCUT2D eigenvalue weighted by Gasteiger charge is -2.32. The van der Waals surface area contributed by atoms with E-state index in [1.165, 1.54) is 4.57 Å². The van der Waals surface area contributed by atoms with Crippen molar-refractivity contribution in [2.24, 2.45) is 9.98 Å². The predicted molar refractivity (Wildman–Crippen MR) is 105 cm³/mol. The number of fused-ring (bicyclic) bond motifs is 2. The summed E-state index contributed by atoms with van der Waals surface area (Å²) in [6, 6.07) is 0. The summed E-state index contributed by atoms with van der Waals surface area (Å²) in [4.78, 5) is 38.2. The van der Waals surface area contributed by atoms with E-state index < -0.39 is 29.1 Å². The average molecular weight is 401 g/mol. The summed E-state index contributed by atoms with van der Waals surface area (Å²) in [5.74, 6) is -0.546. The number of nitrogens with zero attached hydrogens (tertiary/aromatic N) is 5. The van der Waals surface area contributed by atoms with Crippen LogP contribution in [0.1, 0.15) is 44.0 Å².